The van der Waals surface area contributed by atoms with Gasteiger partial charge in [-0.15, -0.1) is 0 Å². The first-order valence-electron chi connectivity index (χ1n) is 5.75. The molecule has 0 bridgehead atoms. The van der Waals surface area contributed by atoms with Crippen LogP contribution in [0.2, 0.25) is 10.0 Å². The Hall–Kier alpha value is -0.290. The molecule has 0 saturated carbocycles. The number of hydrogen-bond donors (Lipinski definition) is 1. The van der Waals surface area contributed by atoms with E-state index in [0.717, 1.165) is 0 Å². The largest absolute Gasteiger partial charge is 0.314 e. The van der Waals surface area contributed by atoms with E-state index < -0.39 is 9.84 Å². The van der Waals surface area contributed by atoms with E-state index in [9.17, 15) is 8.42 Å². The Morgan fingerprint density at radius 3 is 2.28 bits per heavy atom. The van der Waals surface area contributed by atoms with E-state index in [2.05, 4.69) is 5.32 Å². The average Bonchev–Trinajstić information content (AvgIpc) is 2.23. The summed E-state index contributed by atoms with van der Waals surface area (Å²) in [6.07, 6.45) is 0.530. The summed E-state index contributed by atoms with van der Waals surface area (Å²) in [7, 11) is -3.42. The maximum absolute atomic E-state index is 12.1. The standard InChI is InChI=1S/C12H17Cl2NO2S/c1-9(2)15-7-4-8-18(16,17)12-10(13)5-3-6-11(12)14/h3,5-6,9,15H,4,7-8H2,1-2H3. The second kappa shape index (κ2) is 6.75. The summed E-state index contributed by atoms with van der Waals surface area (Å²) in [4.78, 5) is 0.0397. The van der Waals surface area contributed by atoms with Gasteiger partial charge in [-0.1, -0.05) is 43.1 Å². The van der Waals surface area contributed by atoms with Crippen LogP contribution in [0.1, 0.15) is 20.3 Å². The van der Waals surface area contributed by atoms with Crippen LogP contribution in [0, 0.1) is 0 Å². The SMILES string of the molecule is CC(C)NCCCS(=O)(=O)c1c(Cl)cccc1Cl. The lowest BCUT2D eigenvalue weighted by molar-refractivity contribution is 0.568. The van der Waals surface area contributed by atoms with Crippen LogP contribution in [-0.2, 0) is 9.84 Å². The quantitative estimate of drug-likeness (QED) is 0.821. The number of hydrogen-bond acceptors (Lipinski definition) is 3. The Kier molecular flexibility index (Phi) is 5.92. The second-order valence-corrected chi connectivity index (χ2v) is 7.19. The molecule has 1 rings (SSSR count). The molecule has 0 saturated heterocycles. The molecule has 0 aromatic heterocycles. The topological polar surface area (TPSA) is 46.2 Å². The van der Waals surface area contributed by atoms with Crippen LogP contribution in [0.25, 0.3) is 0 Å². The molecule has 102 valence electrons. The monoisotopic (exact) mass is 309 g/mol. The molecule has 1 N–H and O–H groups in total. The summed E-state index contributed by atoms with van der Waals surface area (Å²) in [5.74, 6) is 0.0379. The molecule has 0 aliphatic carbocycles. The molecule has 1 aromatic rings. The third kappa shape index (κ3) is 4.43. The maximum Gasteiger partial charge on any atom is 0.181 e. The van der Waals surface area contributed by atoms with Crippen molar-refractivity contribution in [2.24, 2.45) is 0 Å². The molecule has 0 amide bonds. The summed E-state index contributed by atoms with van der Waals surface area (Å²) >= 11 is 11.8. The van der Waals surface area contributed by atoms with Crippen molar-refractivity contribution in [1.29, 1.82) is 0 Å². The smallest absolute Gasteiger partial charge is 0.181 e. The zero-order valence-corrected chi connectivity index (χ0v) is 12.7. The average molecular weight is 310 g/mol. The highest BCUT2D eigenvalue weighted by Crippen LogP contribution is 2.29. The third-order valence-corrected chi connectivity index (χ3v) is 5.11. The van der Waals surface area contributed by atoms with E-state index in [-0.39, 0.29) is 20.7 Å². The van der Waals surface area contributed by atoms with E-state index in [1.807, 2.05) is 13.8 Å². The van der Waals surface area contributed by atoms with Gasteiger partial charge in [0.15, 0.2) is 9.84 Å². The summed E-state index contributed by atoms with van der Waals surface area (Å²) in [6.45, 7) is 4.68. The van der Waals surface area contributed by atoms with Gasteiger partial charge in [0.1, 0.15) is 4.90 Å². The van der Waals surface area contributed by atoms with Gasteiger partial charge in [0.05, 0.1) is 15.8 Å². The van der Waals surface area contributed by atoms with Crippen LogP contribution < -0.4 is 5.32 Å². The second-order valence-electron chi connectivity index (χ2n) is 4.33. The Balaban J connectivity index is 2.75. The zero-order valence-electron chi connectivity index (χ0n) is 10.4. The number of rotatable bonds is 6. The molecule has 6 heteroatoms. The highest BCUT2D eigenvalue weighted by Gasteiger charge is 2.20. The highest BCUT2D eigenvalue weighted by atomic mass is 35.5. The van der Waals surface area contributed by atoms with Crippen molar-refractivity contribution in [3.8, 4) is 0 Å². The molecule has 0 spiro atoms. The first-order chi connectivity index (χ1) is 8.34. The fraction of sp³-hybridized carbons (Fsp3) is 0.500. The maximum atomic E-state index is 12.1. The van der Waals surface area contributed by atoms with E-state index in [0.29, 0.717) is 19.0 Å². The van der Waals surface area contributed by atoms with Crippen LogP contribution in [0.5, 0.6) is 0 Å². The normalized spacial score (nSPS) is 12.1. The van der Waals surface area contributed by atoms with Gasteiger partial charge in [-0.3, -0.25) is 0 Å². The minimum Gasteiger partial charge on any atom is -0.314 e. The zero-order chi connectivity index (χ0) is 13.8. The molecule has 1 aromatic carbocycles. The van der Waals surface area contributed by atoms with Crippen molar-refractivity contribution in [2.75, 3.05) is 12.3 Å². The number of sulfone groups is 1. The van der Waals surface area contributed by atoms with Gasteiger partial charge in [0.25, 0.3) is 0 Å². The van der Waals surface area contributed by atoms with Crippen molar-refractivity contribution >= 4 is 33.0 Å². The van der Waals surface area contributed by atoms with Crippen LogP contribution in [0.15, 0.2) is 23.1 Å². The first-order valence-corrected chi connectivity index (χ1v) is 8.15. The molecule has 0 radical (unpaired) electrons. The lowest BCUT2D eigenvalue weighted by Crippen LogP contribution is -2.25. The Morgan fingerprint density at radius 2 is 1.78 bits per heavy atom. The molecule has 18 heavy (non-hydrogen) atoms. The van der Waals surface area contributed by atoms with Crippen LogP contribution >= 0.6 is 23.2 Å². The number of nitrogens with one attached hydrogen (secondary N) is 1. The highest BCUT2D eigenvalue weighted by molar-refractivity contribution is 7.91. The van der Waals surface area contributed by atoms with Gasteiger partial charge in [-0.25, -0.2) is 8.42 Å². The molecule has 0 aliphatic rings. The Labute approximate surface area is 118 Å². The molecule has 0 atom stereocenters. The van der Waals surface area contributed by atoms with Gasteiger partial charge in [0.2, 0.25) is 0 Å². The minimum absolute atomic E-state index is 0.0379. The summed E-state index contributed by atoms with van der Waals surface area (Å²) in [5, 5.41) is 3.53. The van der Waals surface area contributed by atoms with Gasteiger partial charge in [0, 0.05) is 6.04 Å². The number of halogens is 2. The van der Waals surface area contributed by atoms with Gasteiger partial charge < -0.3 is 5.32 Å². The molecular formula is C12H17Cl2NO2S. The predicted molar refractivity (Wildman–Crippen MR) is 76.3 cm³/mol. The molecule has 3 nitrogen and oxygen atoms in total. The predicted octanol–water partition coefficient (Wildman–Crippen LogP) is 3.16. The summed E-state index contributed by atoms with van der Waals surface area (Å²) in [5.41, 5.74) is 0. The first kappa shape index (κ1) is 15.8. The van der Waals surface area contributed by atoms with E-state index in [4.69, 9.17) is 23.2 Å². The van der Waals surface area contributed by atoms with E-state index in [1.54, 1.807) is 6.07 Å². The van der Waals surface area contributed by atoms with Crippen LogP contribution in [0.3, 0.4) is 0 Å². The van der Waals surface area contributed by atoms with Crippen LogP contribution in [0.4, 0.5) is 0 Å². The van der Waals surface area contributed by atoms with Crippen molar-refractivity contribution in [3.05, 3.63) is 28.2 Å². The molecule has 0 heterocycles. The Morgan fingerprint density at radius 1 is 1.22 bits per heavy atom. The van der Waals surface area contributed by atoms with E-state index >= 15 is 0 Å². The molecule has 0 unspecified atom stereocenters. The van der Waals surface area contributed by atoms with Gasteiger partial charge in [-0.2, -0.15) is 0 Å². The number of benzene rings is 1. The van der Waals surface area contributed by atoms with Crippen molar-refractivity contribution < 1.29 is 8.42 Å². The summed E-state index contributed by atoms with van der Waals surface area (Å²) in [6, 6.07) is 5.04. The fourth-order valence-corrected chi connectivity index (χ4v) is 4.10. The molecular weight excluding hydrogens is 293 g/mol. The minimum atomic E-state index is -3.42. The van der Waals surface area contributed by atoms with Gasteiger partial charge >= 0.3 is 0 Å². The van der Waals surface area contributed by atoms with Crippen LogP contribution in [-0.4, -0.2) is 26.8 Å². The third-order valence-electron chi connectivity index (χ3n) is 2.37. The molecule has 0 aliphatic heterocycles. The van der Waals surface area contributed by atoms with Crippen molar-refractivity contribution in [2.45, 2.75) is 31.2 Å². The Bertz CT molecular complexity index is 481. The van der Waals surface area contributed by atoms with Gasteiger partial charge in [-0.05, 0) is 25.1 Å². The summed E-state index contributed by atoms with van der Waals surface area (Å²) < 4.78 is 24.2. The van der Waals surface area contributed by atoms with E-state index in [1.165, 1.54) is 12.1 Å². The fourth-order valence-electron chi connectivity index (χ4n) is 1.53. The lowest BCUT2D eigenvalue weighted by atomic mass is 10.4. The van der Waals surface area contributed by atoms with Crippen molar-refractivity contribution in [1.82, 2.24) is 5.32 Å². The molecule has 0 fully saturated rings. The lowest BCUT2D eigenvalue weighted by Gasteiger charge is -2.10. The van der Waals surface area contributed by atoms with Crippen molar-refractivity contribution in [3.63, 3.8) is 0 Å².